The normalized spacial score (nSPS) is 13.5. The lowest BCUT2D eigenvalue weighted by molar-refractivity contribution is -0.188. The predicted octanol–water partition coefficient (Wildman–Crippen LogP) is 1.18. The van der Waals surface area contributed by atoms with E-state index in [1.54, 1.807) is 30.3 Å². The number of carbonyl (C=O) groups is 1. The van der Waals surface area contributed by atoms with Crippen molar-refractivity contribution in [2.24, 2.45) is 7.05 Å². The number of carbonyl (C=O) groups excluding carboxylic acids is 1. The molecule has 2 aromatic carbocycles. The third-order valence-electron chi connectivity index (χ3n) is 4.79. The summed E-state index contributed by atoms with van der Waals surface area (Å²) >= 11 is 6.02. The molecule has 170 valence electrons. The molecule has 1 atom stereocenters. The zero-order valence-corrected chi connectivity index (χ0v) is 18.6. The van der Waals surface area contributed by atoms with E-state index < -0.39 is 38.8 Å². The van der Waals surface area contributed by atoms with Crippen LogP contribution in [0.25, 0.3) is 11.1 Å². The standard InChI is InChI=1S/C20H20ClN3O7S/c1-22-11-17(25)24(19(22)27)20(28,18(26)23(2)29)12-32(30,31)16-10-14(21)8-9-15(16)13-6-4-3-5-7-13/h3-11,25,28-29H,12H2,1-2H3. The molecule has 1 unspecified atom stereocenters. The first-order chi connectivity index (χ1) is 14.9. The summed E-state index contributed by atoms with van der Waals surface area (Å²) < 4.78 is 27.9. The SMILES string of the molecule is CN(O)C(=O)C(O)(CS(=O)(=O)c1cc(Cl)ccc1-c1ccccc1)n1c(O)cn(C)c1=O. The molecule has 10 nitrogen and oxygen atoms in total. The topological polar surface area (TPSA) is 142 Å². The highest BCUT2D eigenvalue weighted by atomic mass is 35.5. The summed E-state index contributed by atoms with van der Waals surface area (Å²) in [6.45, 7) is 0. The molecule has 0 fully saturated rings. The Balaban J connectivity index is 2.23. The fourth-order valence-electron chi connectivity index (χ4n) is 3.32. The number of hydrogen-bond donors (Lipinski definition) is 3. The Morgan fingerprint density at radius 3 is 2.34 bits per heavy atom. The summed E-state index contributed by atoms with van der Waals surface area (Å²) in [7, 11) is -2.47. The summed E-state index contributed by atoms with van der Waals surface area (Å²) in [5, 5.41) is 31.0. The van der Waals surface area contributed by atoms with Crippen molar-refractivity contribution < 1.29 is 28.6 Å². The number of likely N-dealkylation sites (N-methyl/N-ethyl adjacent to an activating group) is 1. The summed E-state index contributed by atoms with van der Waals surface area (Å²) in [4.78, 5) is 24.8. The average Bonchev–Trinajstić information content (AvgIpc) is 2.99. The fraction of sp³-hybridized carbons (Fsp3) is 0.200. The minimum Gasteiger partial charge on any atom is -0.493 e. The van der Waals surface area contributed by atoms with Crippen molar-refractivity contribution in [3.63, 3.8) is 0 Å². The van der Waals surface area contributed by atoms with Gasteiger partial charge in [-0.3, -0.25) is 14.6 Å². The number of hydroxylamine groups is 2. The van der Waals surface area contributed by atoms with Gasteiger partial charge in [-0.25, -0.2) is 22.8 Å². The van der Waals surface area contributed by atoms with Crippen LogP contribution in [0.3, 0.4) is 0 Å². The lowest BCUT2D eigenvalue weighted by Crippen LogP contribution is -2.56. The first kappa shape index (κ1) is 23.5. The van der Waals surface area contributed by atoms with Crippen LogP contribution in [0.15, 0.2) is 64.4 Å². The molecule has 1 heterocycles. The van der Waals surface area contributed by atoms with Crippen LogP contribution < -0.4 is 5.69 Å². The summed E-state index contributed by atoms with van der Waals surface area (Å²) in [6.07, 6.45) is 0.888. The summed E-state index contributed by atoms with van der Waals surface area (Å²) in [5.74, 6) is -3.80. The third kappa shape index (κ3) is 4.15. The molecule has 0 aliphatic rings. The Morgan fingerprint density at radius 2 is 1.81 bits per heavy atom. The Kier molecular flexibility index (Phi) is 6.20. The van der Waals surface area contributed by atoms with Gasteiger partial charge < -0.3 is 10.2 Å². The first-order valence-corrected chi connectivity index (χ1v) is 11.2. The van der Waals surface area contributed by atoms with Gasteiger partial charge in [-0.1, -0.05) is 48.0 Å². The Hall–Kier alpha value is -3.12. The van der Waals surface area contributed by atoms with Gasteiger partial charge in [0, 0.05) is 24.7 Å². The maximum absolute atomic E-state index is 13.4. The van der Waals surface area contributed by atoms with E-state index in [1.165, 1.54) is 19.2 Å². The molecule has 0 aliphatic heterocycles. The van der Waals surface area contributed by atoms with Gasteiger partial charge in [-0.2, -0.15) is 0 Å². The van der Waals surface area contributed by atoms with Gasteiger partial charge in [0.05, 0.1) is 11.1 Å². The van der Waals surface area contributed by atoms with Gasteiger partial charge in [0.1, 0.15) is 5.75 Å². The molecular weight excluding hydrogens is 462 g/mol. The van der Waals surface area contributed by atoms with E-state index in [1.807, 2.05) is 0 Å². The monoisotopic (exact) mass is 481 g/mol. The van der Waals surface area contributed by atoms with E-state index in [4.69, 9.17) is 11.6 Å². The maximum Gasteiger partial charge on any atom is 0.333 e. The number of aromatic nitrogens is 2. The summed E-state index contributed by atoms with van der Waals surface area (Å²) in [5.41, 5.74) is -3.48. The molecule has 1 amide bonds. The number of imidazole rings is 1. The van der Waals surface area contributed by atoms with E-state index >= 15 is 0 Å². The summed E-state index contributed by atoms with van der Waals surface area (Å²) in [6, 6.07) is 12.6. The number of hydrogen-bond acceptors (Lipinski definition) is 7. The first-order valence-electron chi connectivity index (χ1n) is 9.13. The van der Waals surface area contributed by atoms with Gasteiger partial charge in [0.25, 0.3) is 0 Å². The highest BCUT2D eigenvalue weighted by Crippen LogP contribution is 2.33. The van der Waals surface area contributed by atoms with E-state index in [9.17, 15) is 33.4 Å². The molecule has 12 heteroatoms. The number of amides is 1. The van der Waals surface area contributed by atoms with Crippen LogP contribution in [0.4, 0.5) is 0 Å². The molecule has 3 rings (SSSR count). The lowest BCUT2D eigenvalue weighted by atomic mass is 10.1. The molecule has 0 saturated carbocycles. The van der Waals surface area contributed by atoms with Gasteiger partial charge in [0.15, 0.2) is 9.84 Å². The third-order valence-corrected chi connectivity index (χ3v) is 6.82. The van der Waals surface area contributed by atoms with Crippen LogP contribution >= 0.6 is 11.6 Å². The molecule has 1 aromatic heterocycles. The van der Waals surface area contributed by atoms with Crippen molar-refractivity contribution in [2.75, 3.05) is 12.8 Å². The number of benzene rings is 2. The van der Waals surface area contributed by atoms with Crippen LogP contribution in [0.2, 0.25) is 5.02 Å². The maximum atomic E-state index is 13.4. The minimum absolute atomic E-state index is 0.0650. The van der Waals surface area contributed by atoms with Crippen LogP contribution in [0.1, 0.15) is 0 Å². The highest BCUT2D eigenvalue weighted by molar-refractivity contribution is 7.91. The largest absolute Gasteiger partial charge is 0.493 e. The molecular formula is C20H20ClN3O7S. The molecule has 0 radical (unpaired) electrons. The van der Waals surface area contributed by atoms with Gasteiger partial charge in [-0.15, -0.1) is 0 Å². The van der Waals surface area contributed by atoms with Crippen LogP contribution in [0, 0.1) is 0 Å². The van der Waals surface area contributed by atoms with Gasteiger partial charge >= 0.3 is 11.6 Å². The quantitative estimate of drug-likeness (QED) is 0.354. The van der Waals surface area contributed by atoms with Crippen LogP contribution in [-0.4, -0.2) is 56.7 Å². The fourth-order valence-corrected chi connectivity index (χ4v) is 5.33. The number of sulfone groups is 1. The van der Waals surface area contributed by atoms with Crippen molar-refractivity contribution in [2.45, 2.75) is 10.6 Å². The van der Waals surface area contributed by atoms with E-state index in [2.05, 4.69) is 0 Å². The Bertz CT molecular complexity index is 1330. The zero-order valence-electron chi connectivity index (χ0n) is 17.0. The van der Waals surface area contributed by atoms with Crippen molar-refractivity contribution in [3.8, 4) is 17.0 Å². The Morgan fingerprint density at radius 1 is 1.19 bits per heavy atom. The number of aliphatic hydroxyl groups is 1. The van der Waals surface area contributed by atoms with Crippen LogP contribution in [-0.2, 0) is 27.4 Å². The van der Waals surface area contributed by atoms with Crippen LogP contribution in [0.5, 0.6) is 5.88 Å². The minimum atomic E-state index is -4.54. The van der Waals surface area contributed by atoms with Gasteiger partial charge in [-0.05, 0) is 17.7 Å². The molecule has 0 spiro atoms. The number of nitrogens with zero attached hydrogens (tertiary/aromatic N) is 3. The van der Waals surface area contributed by atoms with Crippen molar-refractivity contribution in [3.05, 3.63) is 70.2 Å². The molecule has 3 N–H and O–H groups in total. The van der Waals surface area contributed by atoms with Gasteiger partial charge in [0.2, 0.25) is 11.6 Å². The number of rotatable bonds is 6. The van der Waals surface area contributed by atoms with E-state index in [0.29, 0.717) is 5.56 Å². The second-order valence-electron chi connectivity index (χ2n) is 7.13. The van der Waals surface area contributed by atoms with E-state index in [-0.39, 0.29) is 25.1 Å². The lowest BCUT2D eigenvalue weighted by Gasteiger charge is -2.29. The zero-order chi connectivity index (χ0) is 23.8. The number of aryl methyl sites for hydroxylation is 1. The molecule has 0 bridgehead atoms. The molecule has 32 heavy (non-hydrogen) atoms. The second kappa shape index (κ2) is 8.43. The van der Waals surface area contributed by atoms with Crippen molar-refractivity contribution >= 4 is 27.3 Å². The highest BCUT2D eigenvalue weighted by Gasteiger charge is 2.48. The van der Waals surface area contributed by atoms with E-state index in [0.717, 1.165) is 23.9 Å². The second-order valence-corrected chi connectivity index (χ2v) is 9.52. The Labute approximate surface area is 188 Å². The number of aromatic hydroxyl groups is 1. The number of halogens is 1. The van der Waals surface area contributed by atoms with Crippen molar-refractivity contribution in [1.29, 1.82) is 0 Å². The molecule has 3 aromatic rings. The molecule has 0 saturated heterocycles. The smallest absolute Gasteiger partial charge is 0.333 e. The average molecular weight is 482 g/mol. The predicted molar refractivity (Wildman–Crippen MR) is 115 cm³/mol. The molecule has 0 aliphatic carbocycles. The van der Waals surface area contributed by atoms with Crippen molar-refractivity contribution in [1.82, 2.24) is 14.2 Å².